The van der Waals surface area contributed by atoms with Crippen LogP contribution in [0.5, 0.6) is 0 Å². The molecule has 1 aliphatic carbocycles. The van der Waals surface area contributed by atoms with Gasteiger partial charge in [-0.15, -0.1) is 0 Å². The Balaban J connectivity index is 0.000000329. The number of likely N-dealkylation sites (tertiary alicyclic amines) is 1. The third-order valence-electron chi connectivity index (χ3n) is 8.69. The second-order valence-corrected chi connectivity index (χ2v) is 13.4. The quantitative estimate of drug-likeness (QED) is 0.145. The molecule has 1 aromatic rings. The number of allylic oxidation sites excluding steroid dienone is 11. The van der Waals surface area contributed by atoms with Crippen molar-refractivity contribution in [1.29, 1.82) is 0 Å². The zero-order valence-corrected chi connectivity index (χ0v) is 29.6. The number of methoxy groups -OCH3 is 1. The van der Waals surface area contributed by atoms with Crippen molar-refractivity contribution < 1.29 is 14.0 Å². The second kappa shape index (κ2) is 17.5. The number of rotatable bonds is 11. The first-order chi connectivity index (χ1) is 20.8. The van der Waals surface area contributed by atoms with Gasteiger partial charge in [0.15, 0.2) is 5.71 Å². The third-order valence-corrected chi connectivity index (χ3v) is 8.69. The summed E-state index contributed by atoms with van der Waals surface area (Å²) < 4.78 is 13.2. The van der Waals surface area contributed by atoms with E-state index in [9.17, 15) is 0 Å². The van der Waals surface area contributed by atoms with Gasteiger partial charge in [0.2, 0.25) is 0 Å². The van der Waals surface area contributed by atoms with E-state index in [1.54, 1.807) is 7.11 Å². The van der Waals surface area contributed by atoms with Crippen molar-refractivity contribution >= 4 is 17.0 Å². The lowest BCUT2D eigenvalue weighted by Gasteiger charge is -2.53. The molecular weight excluding hydrogens is 542 g/mol. The van der Waals surface area contributed by atoms with Crippen LogP contribution in [0.15, 0.2) is 90.6 Å². The van der Waals surface area contributed by atoms with E-state index in [1.807, 2.05) is 19.1 Å². The smallest absolute Gasteiger partial charge is 0.199 e. The molecule has 3 rings (SSSR count). The van der Waals surface area contributed by atoms with Crippen LogP contribution in [0.25, 0.3) is 5.57 Å². The van der Waals surface area contributed by atoms with Crippen LogP contribution in [0.3, 0.4) is 0 Å². The number of hydrogen-bond donors (Lipinski definition) is 0. The number of unbranched alkanes of at least 4 members (excludes halogenated alkanes) is 1. The predicted molar refractivity (Wildman–Crippen MR) is 192 cm³/mol. The van der Waals surface area contributed by atoms with Crippen molar-refractivity contribution in [3.05, 3.63) is 96.2 Å². The number of ether oxygens (including phenoxy) is 2. The van der Waals surface area contributed by atoms with Crippen LogP contribution in [0.4, 0.5) is 5.69 Å². The molecule has 0 unspecified atom stereocenters. The number of nitrogens with zero attached hydrogens (tertiary/aromatic N) is 3. The average Bonchev–Trinajstić information content (AvgIpc) is 2.98. The van der Waals surface area contributed by atoms with Crippen molar-refractivity contribution in [2.45, 2.75) is 77.5 Å². The van der Waals surface area contributed by atoms with Gasteiger partial charge in [0.05, 0.1) is 6.10 Å². The van der Waals surface area contributed by atoms with Crippen molar-refractivity contribution in [1.82, 2.24) is 4.90 Å². The maximum absolute atomic E-state index is 6.07. The maximum Gasteiger partial charge on any atom is 0.199 e. The van der Waals surface area contributed by atoms with Gasteiger partial charge < -0.3 is 14.4 Å². The van der Waals surface area contributed by atoms with Gasteiger partial charge in [-0.25, -0.2) is 4.58 Å². The molecule has 0 radical (unpaired) electrons. The Kier molecular flexibility index (Phi) is 14.8. The Hall–Kier alpha value is -2.99. The summed E-state index contributed by atoms with van der Waals surface area (Å²) in [6.07, 6.45) is 21.6. The van der Waals surface area contributed by atoms with Crippen LogP contribution in [0.2, 0.25) is 0 Å². The molecule has 0 spiro atoms. The first kappa shape index (κ1) is 37.2. The molecule has 242 valence electrons. The van der Waals surface area contributed by atoms with Crippen LogP contribution in [0, 0.1) is 0 Å². The molecule has 0 N–H and O–H groups in total. The highest BCUT2D eigenvalue weighted by molar-refractivity contribution is 6.04. The van der Waals surface area contributed by atoms with E-state index in [0.717, 1.165) is 44.5 Å². The van der Waals surface area contributed by atoms with Gasteiger partial charge in [-0.1, -0.05) is 43.0 Å². The molecule has 5 nitrogen and oxygen atoms in total. The number of anilines is 1. The SMILES string of the molecule is C=C/C(=C\C=C/C)C(=C1C=CC(=[N+](C)C)C=C1)c1ccc(N(C)C)cc1.COCCCCOC1CC(C)(C)N(C)C(C)(C)C1. The van der Waals surface area contributed by atoms with Gasteiger partial charge in [0, 0.05) is 63.3 Å². The summed E-state index contributed by atoms with van der Waals surface area (Å²) in [5, 5.41) is 0. The van der Waals surface area contributed by atoms with E-state index < -0.39 is 0 Å². The molecule has 0 amide bonds. The largest absolute Gasteiger partial charge is 0.385 e. The third kappa shape index (κ3) is 10.9. The van der Waals surface area contributed by atoms with Crippen molar-refractivity contribution in [2.75, 3.05) is 60.5 Å². The molecule has 2 aliphatic rings. The molecule has 44 heavy (non-hydrogen) atoms. The van der Waals surface area contributed by atoms with Gasteiger partial charge in [0.25, 0.3) is 0 Å². The molecule has 5 heteroatoms. The minimum atomic E-state index is 0.221. The van der Waals surface area contributed by atoms with E-state index in [1.165, 1.54) is 28.1 Å². The average molecular weight is 603 g/mol. The molecule has 1 heterocycles. The highest BCUT2D eigenvalue weighted by Gasteiger charge is 2.43. The summed E-state index contributed by atoms with van der Waals surface area (Å²) in [7, 11) is 12.2. The summed E-state index contributed by atoms with van der Waals surface area (Å²) in [6.45, 7) is 17.0. The fourth-order valence-electron chi connectivity index (χ4n) is 5.80. The van der Waals surface area contributed by atoms with E-state index in [2.05, 4.69) is 145 Å². The van der Waals surface area contributed by atoms with Crippen LogP contribution >= 0.6 is 0 Å². The molecule has 0 saturated carbocycles. The first-order valence-corrected chi connectivity index (χ1v) is 16.0. The fourth-order valence-corrected chi connectivity index (χ4v) is 5.80. The highest BCUT2D eigenvalue weighted by Crippen LogP contribution is 2.38. The van der Waals surface area contributed by atoms with Gasteiger partial charge in [0.1, 0.15) is 14.1 Å². The number of piperidine rings is 1. The van der Waals surface area contributed by atoms with Crippen LogP contribution in [0.1, 0.15) is 65.9 Å². The summed E-state index contributed by atoms with van der Waals surface area (Å²) in [6, 6.07) is 8.66. The molecule has 1 aliphatic heterocycles. The van der Waals surface area contributed by atoms with Gasteiger partial charge in [-0.05, 0) is 114 Å². The summed E-state index contributed by atoms with van der Waals surface area (Å²) in [4.78, 5) is 4.60. The summed E-state index contributed by atoms with van der Waals surface area (Å²) >= 11 is 0. The number of benzene rings is 1. The van der Waals surface area contributed by atoms with E-state index in [-0.39, 0.29) is 11.1 Å². The van der Waals surface area contributed by atoms with Crippen molar-refractivity contribution in [3.63, 3.8) is 0 Å². The molecule has 0 bridgehead atoms. The minimum Gasteiger partial charge on any atom is -0.385 e. The Morgan fingerprint density at radius 3 is 2.02 bits per heavy atom. The Labute approximate surface area is 269 Å². The predicted octanol–water partition coefficient (Wildman–Crippen LogP) is 8.11. The second-order valence-electron chi connectivity index (χ2n) is 13.4. The molecular formula is C39H60N3O2+. The van der Waals surface area contributed by atoms with Gasteiger partial charge in [-0.2, -0.15) is 0 Å². The maximum atomic E-state index is 6.07. The van der Waals surface area contributed by atoms with Crippen molar-refractivity contribution in [3.8, 4) is 0 Å². The van der Waals surface area contributed by atoms with Crippen LogP contribution in [-0.4, -0.2) is 87.9 Å². The summed E-state index contributed by atoms with van der Waals surface area (Å²) in [5.74, 6) is 0. The lowest BCUT2D eigenvalue weighted by atomic mass is 9.79. The Morgan fingerprint density at radius 2 is 1.55 bits per heavy atom. The molecule has 1 aromatic carbocycles. The fraction of sp³-hybridized carbons (Fsp3) is 0.513. The monoisotopic (exact) mass is 602 g/mol. The molecule has 0 aromatic heterocycles. The van der Waals surface area contributed by atoms with E-state index in [0.29, 0.717) is 6.10 Å². The van der Waals surface area contributed by atoms with Crippen LogP contribution in [-0.2, 0) is 9.47 Å². The lowest BCUT2D eigenvalue weighted by Crippen LogP contribution is -2.60. The van der Waals surface area contributed by atoms with Gasteiger partial charge in [-0.3, -0.25) is 4.90 Å². The summed E-state index contributed by atoms with van der Waals surface area (Å²) in [5.41, 5.74) is 7.49. The van der Waals surface area contributed by atoms with Gasteiger partial charge >= 0.3 is 0 Å². The van der Waals surface area contributed by atoms with E-state index >= 15 is 0 Å². The standard InChI is InChI=1S/C24H29N2.C15H31NO2/c1-7-9-10-19(8-2)24(20-11-15-22(16-12-20)25(3)4)21-13-17-23(18-14-21)26(5)6;1-14(2)11-13(12-15(3,4)16(14)5)18-10-8-7-9-17-6/h7-18H,2H2,1,3-6H3;13H,7-12H2,1-6H3/q+1;/b9-7-,19-10+;. The first-order valence-electron chi connectivity index (χ1n) is 16.0. The molecule has 0 atom stereocenters. The van der Waals surface area contributed by atoms with Crippen molar-refractivity contribution in [2.24, 2.45) is 0 Å². The number of hydrogen-bond acceptors (Lipinski definition) is 4. The Bertz CT molecular complexity index is 1220. The topological polar surface area (TPSA) is 28.0 Å². The highest BCUT2D eigenvalue weighted by atomic mass is 16.5. The minimum absolute atomic E-state index is 0.221. The van der Waals surface area contributed by atoms with E-state index in [4.69, 9.17) is 9.47 Å². The Morgan fingerprint density at radius 1 is 0.977 bits per heavy atom. The normalized spacial score (nSPS) is 18.3. The lowest BCUT2D eigenvalue weighted by molar-refractivity contribution is -0.462. The van der Waals surface area contributed by atoms with Crippen LogP contribution < -0.4 is 4.90 Å². The zero-order chi connectivity index (χ0) is 32.9. The molecule has 1 saturated heterocycles. The molecule has 1 fully saturated rings. The zero-order valence-electron chi connectivity index (χ0n) is 29.6.